The first kappa shape index (κ1) is 11.1. The number of aromatic nitrogens is 2. The molecule has 0 unspecified atom stereocenters. The molecular weight excluding hydrogens is 268 g/mol. The summed E-state index contributed by atoms with van der Waals surface area (Å²) < 4.78 is 2.81. The number of hydrogen-bond donors (Lipinski definition) is 0. The van der Waals surface area contributed by atoms with Gasteiger partial charge in [0.15, 0.2) is 5.78 Å². The predicted molar refractivity (Wildman–Crippen MR) is 65.5 cm³/mol. The number of carbonyl (C=O) groups is 1. The van der Waals surface area contributed by atoms with Crippen LogP contribution in [0.25, 0.3) is 0 Å². The molecule has 0 saturated heterocycles. The summed E-state index contributed by atoms with van der Waals surface area (Å²) in [5, 5.41) is 4.14. The van der Waals surface area contributed by atoms with Gasteiger partial charge in [-0.3, -0.25) is 9.48 Å². The van der Waals surface area contributed by atoms with E-state index in [0.29, 0.717) is 12.1 Å². The van der Waals surface area contributed by atoms with E-state index in [2.05, 4.69) is 21.0 Å². The Labute approximate surface area is 102 Å². The Morgan fingerprint density at radius 3 is 2.94 bits per heavy atom. The van der Waals surface area contributed by atoms with E-state index >= 15 is 0 Å². The Morgan fingerprint density at radius 1 is 1.50 bits per heavy atom. The number of ketones is 1. The molecule has 0 fully saturated rings. The molecule has 3 nitrogen and oxygen atoms in total. The summed E-state index contributed by atoms with van der Waals surface area (Å²) in [7, 11) is 0. The van der Waals surface area contributed by atoms with Crippen molar-refractivity contribution in [3.8, 4) is 0 Å². The molecule has 1 aromatic carbocycles. The van der Waals surface area contributed by atoms with Crippen LogP contribution in [0.2, 0.25) is 0 Å². The van der Waals surface area contributed by atoms with Gasteiger partial charge in [-0.05, 0) is 24.6 Å². The van der Waals surface area contributed by atoms with Gasteiger partial charge in [0.25, 0.3) is 0 Å². The molecule has 0 spiro atoms. The molecule has 4 heteroatoms. The van der Waals surface area contributed by atoms with E-state index in [-0.39, 0.29) is 5.78 Å². The lowest BCUT2D eigenvalue weighted by atomic mass is 10.2. The van der Waals surface area contributed by atoms with E-state index in [1.165, 1.54) is 0 Å². The quantitative estimate of drug-likeness (QED) is 0.810. The fourth-order valence-corrected chi connectivity index (χ4v) is 1.90. The van der Waals surface area contributed by atoms with Crippen LogP contribution in [0.4, 0.5) is 0 Å². The van der Waals surface area contributed by atoms with Crippen LogP contribution in [-0.4, -0.2) is 15.6 Å². The monoisotopic (exact) mass is 278 g/mol. The second-order valence-corrected chi connectivity index (χ2v) is 4.53. The fraction of sp³-hybridized carbons (Fsp3) is 0.167. The largest absolute Gasteiger partial charge is 0.294 e. The van der Waals surface area contributed by atoms with Crippen molar-refractivity contribution in [1.29, 1.82) is 0 Å². The van der Waals surface area contributed by atoms with E-state index in [9.17, 15) is 4.79 Å². The van der Waals surface area contributed by atoms with Crippen LogP contribution in [0.1, 0.15) is 22.8 Å². The predicted octanol–water partition coefficient (Wildman–Crippen LogP) is 2.90. The van der Waals surface area contributed by atoms with Crippen LogP contribution in [0.15, 0.2) is 41.1 Å². The fourth-order valence-electron chi connectivity index (χ4n) is 1.45. The summed E-state index contributed by atoms with van der Waals surface area (Å²) in [5.41, 5.74) is 1.79. The molecule has 0 saturated carbocycles. The maximum atomic E-state index is 11.1. The lowest BCUT2D eigenvalue weighted by Gasteiger charge is -2.01. The molecule has 0 radical (unpaired) electrons. The average molecular weight is 279 g/mol. The first-order valence-electron chi connectivity index (χ1n) is 4.93. The van der Waals surface area contributed by atoms with Gasteiger partial charge in [0.05, 0.1) is 18.3 Å². The second kappa shape index (κ2) is 4.61. The van der Waals surface area contributed by atoms with Gasteiger partial charge in [-0.1, -0.05) is 28.1 Å². The maximum Gasteiger partial charge on any atom is 0.162 e. The SMILES string of the molecule is CC(=O)c1cnn(Cc2cccc(Br)c2)c1. The minimum Gasteiger partial charge on any atom is -0.294 e. The van der Waals surface area contributed by atoms with Crippen LogP contribution in [0, 0.1) is 0 Å². The van der Waals surface area contributed by atoms with Gasteiger partial charge in [0, 0.05) is 10.7 Å². The van der Waals surface area contributed by atoms with Crippen molar-refractivity contribution in [3.63, 3.8) is 0 Å². The van der Waals surface area contributed by atoms with Crippen molar-refractivity contribution >= 4 is 21.7 Å². The minimum atomic E-state index is 0.0421. The van der Waals surface area contributed by atoms with E-state index in [4.69, 9.17) is 0 Å². The molecule has 0 N–H and O–H groups in total. The minimum absolute atomic E-state index is 0.0421. The molecule has 0 atom stereocenters. The van der Waals surface area contributed by atoms with Crippen molar-refractivity contribution in [1.82, 2.24) is 9.78 Å². The highest BCUT2D eigenvalue weighted by atomic mass is 79.9. The van der Waals surface area contributed by atoms with Crippen LogP contribution < -0.4 is 0 Å². The maximum absolute atomic E-state index is 11.1. The van der Waals surface area contributed by atoms with Crippen molar-refractivity contribution in [2.45, 2.75) is 13.5 Å². The van der Waals surface area contributed by atoms with Crippen LogP contribution in [-0.2, 0) is 6.54 Å². The number of hydrogen-bond acceptors (Lipinski definition) is 2. The smallest absolute Gasteiger partial charge is 0.162 e. The number of benzene rings is 1. The van der Waals surface area contributed by atoms with Gasteiger partial charge in [-0.2, -0.15) is 5.10 Å². The molecule has 0 aliphatic carbocycles. The molecule has 16 heavy (non-hydrogen) atoms. The molecule has 1 aromatic heterocycles. The van der Waals surface area contributed by atoms with E-state index in [0.717, 1.165) is 10.0 Å². The van der Waals surface area contributed by atoms with Crippen LogP contribution in [0.3, 0.4) is 0 Å². The summed E-state index contributed by atoms with van der Waals surface area (Å²) in [6.07, 6.45) is 3.36. The zero-order valence-electron chi connectivity index (χ0n) is 8.85. The molecule has 0 amide bonds. The van der Waals surface area contributed by atoms with Gasteiger partial charge in [-0.15, -0.1) is 0 Å². The van der Waals surface area contributed by atoms with Crippen molar-refractivity contribution < 1.29 is 4.79 Å². The highest BCUT2D eigenvalue weighted by Crippen LogP contribution is 2.12. The zero-order chi connectivity index (χ0) is 11.5. The van der Waals surface area contributed by atoms with Crippen molar-refractivity contribution in [2.24, 2.45) is 0 Å². The summed E-state index contributed by atoms with van der Waals surface area (Å²) in [6, 6.07) is 8.03. The summed E-state index contributed by atoms with van der Waals surface area (Å²) in [6.45, 7) is 2.22. The third-order valence-corrected chi connectivity index (χ3v) is 2.77. The van der Waals surface area contributed by atoms with Crippen LogP contribution >= 0.6 is 15.9 Å². The molecule has 2 rings (SSSR count). The molecule has 1 heterocycles. The Balaban J connectivity index is 2.17. The molecule has 82 valence electrons. The topological polar surface area (TPSA) is 34.9 Å². The highest BCUT2D eigenvalue weighted by Gasteiger charge is 2.03. The second-order valence-electron chi connectivity index (χ2n) is 3.61. The number of Topliss-reactive ketones (excluding diaryl/α,β-unsaturated/α-hetero) is 1. The van der Waals surface area contributed by atoms with Crippen molar-refractivity contribution in [2.75, 3.05) is 0 Å². The molecule has 0 bridgehead atoms. The van der Waals surface area contributed by atoms with E-state index in [1.807, 2.05) is 24.3 Å². The van der Waals surface area contributed by atoms with Gasteiger partial charge in [-0.25, -0.2) is 0 Å². The van der Waals surface area contributed by atoms with Gasteiger partial charge in [0.1, 0.15) is 0 Å². The lowest BCUT2D eigenvalue weighted by Crippen LogP contribution is -1.99. The summed E-state index contributed by atoms with van der Waals surface area (Å²) in [5.74, 6) is 0.0421. The lowest BCUT2D eigenvalue weighted by molar-refractivity contribution is 0.101. The first-order chi connectivity index (χ1) is 7.65. The zero-order valence-corrected chi connectivity index (χ0v) is 10.4. The van der Waals surface area contributed by atoms with Crippen molar-refractivity contribution in [3.05, 3.63) is 52.3 Å². The third kappa shape index (κ3) is 2.58. The van der Waals surface area contributed by atoms with E-state index in [1.54, 1.807) is 24.0 Å². The summed E-state index contributed by atoms with van der Waals surface area (Å²) >= 11 is 3.42. The van der Waals surface area contributed by atoms with Gasteiger partial charge >= 0.3 is 0 Å². The Kier molecular flexibility index (Phi) is 3.19. The Bertz CT molecular complexity index is 519. The molecular formula is C12H11BrN2O. The summed E-state index contributed by atoms with van der Waals surface area (Å²) in [4.78, 5) is 11.1. The number of carbonyl (C=O) groups excluding carboxylic acids is 1. The number of rotatable bonds is 3. The number of nitrogens with zero attached hydrogens (tertiary/aromatic N) is 2. The molecule has 0 aliphatic rings. The highest BCUT2D eigenvalue weighted by molar-refractivity contribution is 9.10. The molecule has 0 aliphatic heterocycles. The van der Waals surface area contributed by atoms with E-state index < -0.39 is 0 Å². The van der Waals surface area contributed by atoms with Gasteiger partial charge in [0.2, 0.25) is 0 Å². The normalized spacial score (nSPS) is 10.4. The van der Waals surface area contributed by atoms with Crippen LogP contribution in [0.5, 0.6) is 0 Å². The Morgan fingerprint density at radius 2 is 2.31 bits per heavy atom. The van der Waals surface area contributed by atoms with Gasteiger partial charge < -0.3 is 0 Å². The standard InChI is InChI=1S/C12H11BrN2O/c1-9(16)11-6-14-15(8-11)7-10-3-2-4-12(13)5-10/h2-6,8H,7H2,1H3. The average Bonchev–Trinajstić information content (AvgIpc) is 2.66. The third-order valence-electron chi connectivity index (χ3n) is 2.27. The first-order valence-corrected chi connectivity index (χ1v) is 5.72. The molecule has 2 aromatic rings. The Hall–Kier alpha value is -1.42. The number of halogens is 1.